The van der Waals surface area contributed by atoms with Crippen LogP contribution in [0.1, 0.15) is 36.0 Å². The number of aliphatic hydroxyl groups is 1. The Kier molecular flexibility index (Phi) is 4.85. The van der Waals surface area contributed by atoms with E-state index in [1.165, 1.54) is 22.9 Å². The van der Waals surface area contributed by atoms with E-state index in [9.17, 15) is 18.7 Å². The summed E-state index contributed by atoms with van der Waals surface area (Å²) >= 11 is 0. The van der Waals surface area contributed by atoms with Gasteiger partial charge < -0.3 is 10.4 Å². The second-order valence-electron chi connectivity index (χ2n) is 7.28. The SMILES string of the molecule is Cn1nc(-c2ccc(C(=O)NC3CCC(O)CC3)cc2F)c2c(F)cccc21. The lowest BCUT2D eigenvalue weighted by Crippen LogP contribution is -2.38. The molecule has 28 heavy (non-hydrogen) atoms. The Hall–Kier alpha value is -2.80. The molecule has 2 aromatic carbocycles. The predicted molar refractivity (Wildman–Crippen MR) is 102 cm³/mol. The van der Waals surface area contributed by atoms with Crippen LogP contribution in [0, 0.1) is 11.6 Å². The number of hydrogen-bond donors (Lipinski definition) is 2. The number of aryl methyl sites for hydroxylation is 1. The molecule has 0 bridgehead atoms. The first-order valence-corrected chi connectivity index (χ1v) is 9.34. The van der Waals surface area contributed by atoms with Crippen LogP contribution in [0.5, 0.6) is 0 Å². The summed E-state index contributed by atoms with van der Waals surface area (Å²) in [5.41, 5.74) is 1.12. The van der Waals surface area contributed by atoms with Crippen LogP contribution >= 0.6 is 0 Å². The molecule has 1 heterocycles. The van der Waals surface area contributed by atoms with Crippen LogP contribution in [0.15, 0.2) is 36.4 Å². The van der Waals surface area contributed by atoms with Crippen molar-refractivity contribution in [2.75, 3.05) is 0 Å². The molecule has 0 radical (unpaired) electrons. The Morgan fingerprint density at radius 3 is 2.61 bits per heavy atom. The molecular formula is C21H21F2N3O2. The number of aromatic nitrogens is 2. The number of rotatable bonds is 3. The number of halogens is 2. The minimum atomic E-state index is -0.630. The topological polar surface area (TPSA) is 67.2 Å². The van der Waals surface area contributed by atoms with Gasteiger partial charge in [-0.3, -0.25) is 9.48 Å². The first-order valence-electron chi connectivity index (χ1n) is 9.34. The van der Waals surface area contributed by atoms with Crippen LogP contribution in [-0.4, -0.2) is 32.9 Å². The molecule has 1 aliphatic rings. The highest BCUT2D eigenvalue weighted by Crippen LogP contribution is 2.31. The van der Waals surface area contributed by atoms with Crippen molar-refractivity contribution >= 4 is 16.8 Å². The minimum Gasteiger partial charge on any atom is -0.393 e. The predicted octanol–water partition coefficient (Wildman–Crippen LogP) is 3.55. The maximum Gasteiger partial charge on any atom is 0.251 e. The van der Waals surface area contributed by atoms with E-state index < -0.39 is 11.6 Å². The average Bonchev–Trinajstić information content (AvgIpc) is 3.01. The first-order chi connectivity index (χ1) is 13.4. The number of carbonyl (C=O) groups excluding carboxylic acids is 1. The van der Waals surface area contributed by atoms with E-state index in [-0.39, 0.29) is 40.3 Å². The van der Waals surface area contributed by atoms with E-state index in [4.69, 9.17) is 0 Å². The van der Waals surface area contributed by atoms with Crippen molar-refractivity contribution in [3.05, 3.63) is 53.6 Å². The molecule has 5 nitrogen and oxygen atoms in total. The fourth-order valence-corrected chi connectivity index (χ4v) is 3.80. The molecule has 0 spiro atoms. The van der Waals surface area contributed by atoms with Crippen molar-refractivity contribution in [3.63, 3.8) is 0 Å². The standard InChI is InChI=1S/C21H21F2N3O2/c1-26-18-4-2-3-16(22)19(18)20(25-26)15-10-5-12(11-17(15)23)21(28)24-13-6-8-14(27)9-7-13/h2-5,10-11,13-14,27H,6-9H2,1H3,(H,24,28). The number of nitrogens with zero attached hydrogens (tertiary/aromatic N) is 2. The van der Waals surface area contributed by atoms with Crippen molar-refractivity contribution in [1.82, 2.24) is 15.1 Å². The molecule has 4 rings (SSSR count). The lowest BCUT2D eigenvalue weighted by Gasteiger charge is -2.26. The zero-order chi connectivity index (χ0) is 19.8. The van der Waals surface area contributed by atoms with Gasteiger partial charge >= 0.3 is 0 Å². The zero-order valence-electron chi connectivity index (χ0n) is 15.5. The van der Waals surface area contributed by atoms with E-state index in [2.05, 4.69) is 10.4 Å². The Morgan fingerprint density at radius 1 is 1.14 bits per heavy atom. The highest BCUT2D eigenvalue weighted by atomic mass is 19.1. The largest absolute Gasteiger partial charge is 0.393 e. The zero-order valence-corrected chi connectivity index (χ0v) is 15.5. The average molecular weight is 385 g/mol. The van der Waals surface area contributed by atoms with Gasteiger partial charge in [-0.1, -0.05) is 6.07 Å². The van der Waals surface area contributed by atoms with Crippen molar-refractivity contribution < 1.29 is 18.7 Å². The van der Waals surface area contributed by atoms with Gasteiger partial charge in [-0.05, 0) is 56.0 Å². The van der Waals surface area contributed by atoms with Gasteiger partial charge in [-0.2, -0.15) is 5.10 Å². The molecule has 1 saturated carbocycles. The Balaban J connectivity index is 1.61. The summed E-state index contributed by atoms with van der Waals surface area (Å²) in [6.45, 7) is 0. The van der Waals surface area contributed by atoms with Gasteiger partial charge in [0.15, 0.2) is 0 Å². The molecule has 0 unspecified atom stereocenters. The molecule has 0 aliphatic heterocycles. The van der Waals surface area contributed by atoms with Crippen molar-refractivity contribution in [2.45, 2.75) is 37.8 Å². The fraction of sp³-hybridized carbons (Fsp3) is 0.333. The molecule has 0 atom stereocenters. The third kappa shape index (κ3) is 3.38. The van der Waals surface area contributed by atoms with Crippen molar-refractivity contribution in [3.8, 4) is 11.3 Å². The summed E-state index contributed by atoms with van der Waals surface area (Å²) < 4.78 is 30.6. The van der Waals surface area contributed by atoms with Gasteiger partial charge in [-0.25, -0.2) is 8.78 Å². The highest BCUT2D eigenvalue weighted by Gasteiger charge is 2.23. The molecule has 1 aliphatic carbocycles. The number of nitrogens with one attached hydrogen (secondary N) is 1. The smallest absolute Gasteiger partial charge is 0.251 e. The number of carbonyl (C=O) groups is 1. The van der Waals surface area contributed by atoms with E-state index >= 15 is 0 Å². The molecule has 0 saturated heterocycles. The fourth-order valence-electron chi connectivity index (χ4n) is 3.80. The maximum absolute atomic E-state index is 14.8. The quantitative estimate of drug-likeness (QED) is 0.725. The van der Waals surface area contributed by atoms with Crippen molar-refractivity contribution in [2.24, 2.45) is 7.05 Å². The van der Waals surface area contributed by atoms with Crippen LogP contribution in [0.25, 0.3) is 22.2 Å². The summed E-state index contributed by atoms with van der Waals surface area (Å²) in [5, 5.41) is 17.0. The summed E-state index contributed by atoms with van der Waals surface area (Å²) in [6, 6.07) is 8.73. The summed E-state index contributed by atoms with van der Waals surface area (Å²) in [4.78, 5) is 12.4. The van der Waals surface area contributed by atoms with Crippen LogP contribution < -0.4 is 5.32 Å². The number of fused-ring (bicyclic) bond motifs is 1. The van der Waals surface area contributed by atoms with Gasteiger partial charge in [-0.15, -0.1) is 0 Å². The number of aliphatic hydroxyl groups excluding tert-OH is 1. The minimum absolute atomic E-state index is 0.0209. The van der Waals surface area contributed by atoms with Gasteiger partial charge in [0, 0.05) is 24.2 Å². The Morgan fingerprint density at radius 2 is 1.89 bits per heavy atom. The normalized spacial score (nSPS) is 19.7. The third-order valence-electron chi connectivity index (χ3n) is 5.35. The van der Waals surface area contributed by atoms with Crippen LogP contribution in [0.4, 0.5) is 8.78 Å². The summed E-state index contributed by atoms with van der Waals surface area (Å²) in [7, 11) is 1.67. The number of benzene rings is 2. The van der Waals surface area contributed by atoms with Crippen LogP contribution in [-0.2, 0) is 7.05 Å². The number of hydrogen-bond acceptors (Lipinski definition) is 3. The molecule has 2 N–H and O–H groups in total. The molecular weight excluding hydrogens is 364 g/mol. The molecule has 3 aromatic rings. The lowest BCUT2D eigenvalue weighted by atomic mass is 9.93. The summed E-state index contributed by atoms with van der Waals surface area (Å²) in [5.74, 6) is -1.46. The van der Waals surface area contributed by atoms with E-state index in [0.717, 1.165) is 6.07 Å². The Bertz CT molecular complexity index is 1040. The number of amides is 1. The van der Waals surface area contributed by atoms with Crippen LogP contribution in [0.3, 0.4) is 0 Å². The molecule has 7 heteroatoms. The monoisotopic (exact) mass is 385 g/mol. The second kappa shape index (κ2) is 7.31. The van der Waals surface area contributed by atoms with Crippen molar-refractivity contribution in [1.29, 1.82) is 0 Å². The van der Waals surface area contributed by atoms with E-state index in [1.807, 2.05) is 0 Å². The van der Waals surface area contributed by atoms with Gasteiger partial charge in [0.05, 0.1) is 17.0 Å². The summed E-state index contributed by atoms with van der Waals surface area (Å²) in [6.07, 6.45) is 2.39. The van der Waals surface area contributed by atoms with Gasteiger partial charge in [0.2, 0.25) is 0 Å². The molecule has 1 amide bonds. The molecule has 1 fully saturated rings. The lowest BCUT2D eigenvalue weighted by molar-refractivity contribution is 0.0867. The van der Waals surface area contributed by atoms with Gasteiger partial charge in [0.1, 0.15) is 17.3 Å². The van der Waals surface area contributed by atoms with E-state index in [0.29, 0.717) is 31.2 Å². The molecule has 146 valence electrons. The maximum atomic E-state index is 14.8. The highest BCUT2D eigenvalue weighted by molar-refractivity contribution is 5.97. The second-order valence-corrected chi connectivity index (χ2v) is 7.28. The molecule has 1 aromatic heterocycles. The Labute approximate surface area is 161 Å². The first kappa shape index (κ1) is 18.6. The van der Waals surface area contributed by atoms with Gasteiger partial charge in [0.25, 0.3) is 5.91 Å². The van der Waals surface area contributed by atoms with E-state index in [1.54, 1.807) is 19.2 Å². The third-order valence-corrected chi connectivity index (χ3v) is 5.35. The van der Waals surface area contributed by atoms with Crippen LogP contribution in [0.2, 0.25) is 0 Å².